The smallest absolute Gasteiger partial charge is 0.269 e. The van der Waals surface area contributed by atoms with E-state index in [-0.39, 0.29) is 5.91 Å². The molecule has 0 bridgehead atoms. The molecule has 0 aliphatic carbocycles. The quantitative estimate of drug-likeness (QED) is 0.731. The van der Waals surface area contributed by atoms with Crippen molar-refractivity contribution >= 4 is 23.1 Å². The number of nitrogens with two attached hydrogens (primary N) is 1. The Morgan fingerprint density at radius 1 is 1.69 bits per heavy atom. The number of rotatable bonds is 3. The molecule has 6 nitrogen and oxygen atoms in total. The van der Waals surface area contributed by atoms with Crippen LogP contribution in [-0.4, -0.2) is 21.1 Å². The van der Waals surface area contributed by atoms with E-state index in [2.05, 4.69) is 20.5 Å². The number of aromatic amines is 1. The number of nitrogens with zero attached hydrogens (tertiary/aromatic N) is 2. The highest BCUT2D eigenvalue weighted by atomic mass is 32.1. The summed E-state index contributed by atoms with van der Waals surface area (Å²) in [5.41, 5.74) is 8.46. The molecule has 0 aliphatic rings. The highest BCUT2D eigenvalue weighted by Crippen LogP contribution is 2.11. The first-order valence-corrected chi connectivity index (χ1v) is 5.53. The molecule has 0 radical (unpaired) electrons. The number of aryl methyl sites for hydroxylation is 1. The fraction of sp³-hybridized carbons (Fsp3) is 0.222. The number of carbonyl (C=O) groups is 1. The van der Waals surface area contributed by atoms with Crippen molar-refractivity contribution in [2.24, 2.45) is 0 Å². The maximum absolute atomic E-state index is 11.6. The average molecular weight is 237 g/mol. The van der Waals surface area contributed by atoms with Crippen molar-refractivity contribution in [3.05, 3.63) is 27.8 Å². The van der Waals surface area contributed by atoms with E-state index in [0.29, 0.717) is 18.1 Å². The molecule has 84 valence electrons. The Hall–Kier alpha value is -1.89. The molecule has 1 amide bonds. The lowest BCUT2D eigenvalue weighted by atomic mass is 10.3. The summed E-state index contributed by atoms with van der Waals surface area (Å²) < 4.78 is 0. The summed E-state index contributed by atoms with van der Waals surface area (Å²) in [5, 5.41) is 8.99. The third-order valence-corrected chi connectivity index (χ3v) is 3.03. The van der Waals surface area contributed by atoms with Crippen molar-refractivity contribution in [2.75, 3.05) is 5.73 Å². The standard InChI is InChI=1S/C9H11N5OS/c1-5-7(16-4-12-5)3-11-9(15)6-2-8(10)14-13-6/h2,4H,3H2,1H3,(H,11,15)(H3,10,13,14). The van der Waals surface area contributed by atoms with E-state index in [0.717, 1.165) is 10.6 Å². The molecule has 0 unspecified atom stereocenters. The highest BCUT2D eigenvalue weighted by molar-refractivity contribution is 7.09. The van der Waals surface area contributed by atoms with Crippen molar-refractivity contribution in [3.63, 3.8) is 0 Å². The molecule has 0 saturated heterocycles. The van der Waals surface area contributed by atoms with Gasteiger partial charge in [0, 0.05) is 10.9 Å². The second-order valence-corrected chi connectivity index (χ2v) is 4.19. The number of nitrogens with one attached hydrogen (secondary N) is 2. The fourth-order valence-electron chi connectivity index (χ4n) is 1.21. The van der Waals surface area contributed by atoms with Crippen LogP contribution in [0.25, 0.3) is 0 Å². The predicted octanol–water partition coefficient (Wildman–Crippen LogP) is 0.687. The zero-order valence-corrected chi connectivity index (χ0v) is 9.47. The summed E-state index contributed by atoms with van der Waals surface area (Å²) in [5.74, 6) is 0.0797. The maximum atomic E-state index is 11.6. The van der Waals surface area contributed by atoms with Gasteiger partial charge < -0.3 is 11.1 Å². The van der Waals surface area contributed by atoms with Gasteiger partial charge in [0.2, 0.25) is 0 Å². The minimum absolute atomic E-state index is 0.225. The van der Waals surface area contributed by atoms with Crippen LogP contribution >= 0.6 is 11.3 Å². The summed E-state index contributed by atoms with van der Waals surface area (Å²) in [6, 6.07) is 1.49. The molecule has 16 heavy (non-hydrogen) atoms. The fourth-order valence-corrected chi connectivity index (χ4v) is 1.92. The Balaban J connectivity index is 1.96. The van der Waals surface area contributed by atoms with Crippen molar-refractivity contribution in [1.82, 2.24) is 20.5 Å². The SMILES string of the molecule is Cc1ncsc1CNC(=O)c1cc(N)n[nH]1. The van der Waals surface area contributed by atoms with Crippen LogP contribution in [-0.2, 0) is 6.54 Å². The first-order chi connectivity index (χ1) is 7.66. The first kappa shape index (κ1) is 10.6. The van der Waals surface area contributed by atoms with Gasteiger partial charge in [-0.2, -0.15) is 5.10 Å². The molecule has 0 aromatic carbocycles. The maximum Gasteiger partial charge on any atom is 0.269 e. The zero-order valence-electron chi connectivity index (χ0n) is 8.65. The number of carbonyl (C=O) groups excluding carboxylic acids is 1. The molecule has 0 fully saturated rings. The van der Waals surface area contributed by atoms with E-state index in [1.807, 2.05) is 6.92 Å². The van der Waals surface area contributed by atoms with Gasteiger partial charge in [0.15, 0.2) is 0 Å². The highest BCUT2D eigenvalue weighted by Gasteiger charge is 2.09. The molecule has 2 heterocycles. The summed E-state index contributed by atoms with van der Waals surface area (Å²) >= 11 is 1.52. The zero-order chi connectivity index (χ0) is 11.5. The number of amides is 1. The molecule has 2 aromatic heterocycles. The average Bonchev–Trinajstić information content (AvgIpc) is 2.84. The summed E-state index contributed by atoms with van der Waals surface area (Å²) in [6.45, 7) is 2.38. The third-order valence-electron chi connectivity index (χ3n) is 2.10. The van der Waals surface area contributed by atoms with Crippen molar-refractivity contribution in [1.29, 1.82) is 0 Å². The van der Waals surface area contributed by atoms with Crippen molar-refractivity contribution in [2.45, 2.75) is 13.5 Å². The number of thiazole rings is 1. The van der Waals surface area contributed by atoms with E-state index in [4.69, 9.17) is 5.73 Å². The number of H-pyrrole nitrogens is 1. The van der Waals surface area contributed by atoms with E-state index >= 15 is 0 Å². The first-order valence-electron chi connectivity index (χ1n) is 4.65. The Labute approximate surface area is 95.9 Å². The topological polar surface area (TPSA) is 96.7 Å². The Morgan fingerprint density at radius 3 is 3.06 bits per heavy atom. The van der Waals surface area contributed by atoms with Gasteiger partial charge in [-0.1, -0.05) is 0 Å². The predicted molar refractivity (Wildman–Crippen MR) is 61.0 cm³/mol. The van der Waals surface area contributed by atoms with Crippen LogP contribution in [0.15, 0.2) is 11.6 Å². The van der Waals surface area contributed by atoms with Crippen LogP contribution in [0.2, 0.25) is 0 Å². The molecule has 0 atom stereocenters. The van der Waals surface area contributed by atoms with Crippen LogP contribution in [0, 0.1) is 6.92 Å². The number of anilines is 1. The molecular weight excluding hydrogens is 226 g/mol. The van der Waals surface area contributed by atoms with Crippen molar-refractivity contribution < 1.29 is 4.79 Å². The van der Waals surface area contributed by atoms with E-state index < -0.39 is 0 Å². The van der Waals surface area contributed by atoms with Gasteiger partial charge in [-0.25, -0.2) is 4.98 Å². The van der Waals surface area contributed by atoms with Crippen LogP contribution in [0.3, 0.4) is 0 Å². The molecule has 0 spiro atoms. The van der Waals surface area contributed by atoms with Crippen LogP contribution in [0.4, 0.5) is 5.82 Å². The van der Waals surface area contributed by atoms with Gasteiger partial charge in [-0.15, -0.1) is 11.3 Å². The lowest BCUT2D eigenvalue weighted by Gasteiger charge is -2.01. The number of aromatic nitrogens is 3. The van der Waals surface area contributed by atoms with Gasteiger partial charge in [0.05, 0.1) is 17.7 Å². The van der Waals surface area contributed by atoms with Gasteiger partial charge in [0.1, 0.15) is 11.5 Å². The largest absolute Gasteiger partial charge is 0.382 e. The Bertz CT molecular complexity index is 503. The second kappa shape index (κ2) is 4.31. The normalized spacial score (nSPS) is 10.3. The minimum Gasteiger partial charge on any atom is -0.382 e. The second-order valence-electron chi connectivity index (χ2n) is 3.25. The third kappa shape index (κ3) is 2.19. The number of hydrogen-bond acceptors (Lipinski definition) is 5. The Kier molecular flexibility index (Phi) is 2.86. The lowest BCUT2D eigenvalue weighted by molar-refractivity contribution is 0.0946. The van der Waals surface area contributed by atoms with Gasteiger partial charge in [0.25, 0.3) is 5.91 Å². The molecule has 2 rings (SSSR count). The molecule has 7 heteroatoms. The number of hydrogen-bond donors (Lipinski definition) is 3. The van der Waals surface area contributed by atoms with E-state index in [1.54, 1.807) is 5.51 Å². The summed E-state index contributed by atoms with van der Waals surface area (Å²) in [7, 11) is 0. The monoisotopic (exact) mass is 237 g/mol. The number of nitrogen functional groups attached to an aromatic ring is 1. The van der Waals surface area contributed by atoms with Gasteiger partial charge in [-0.3, -0.25) is 9.89 Å². The lowest BCUT2D eigenvalue weighted by Crippen LogP contribution is -2.23. The molecule has 2 aromatic rings. The molecule has 0 saturated carbocycles. The molecule has 4 N–H and O–H groups in total. The van der Waals surface area contributed by atoms with E-state index in [9.17, 15) is 4.79 Å². The molecular formula is C9H11N5OS. The summed E-state index contributed by atoms with van der Waals surface area (Å²) in [6.07, 6.45) is 0. The van der Waals surface area contributed by atoms with Crippen molar-refractivity contribution in [3.8, 4) is 0 Å². The molecule has 0 aliphatic heterocycles. The van der Waals surface area contributed by atoms with Crippen LogP contribution < -0.4 is 11.1 Å². The van der Waals surface area contributed by atoms with Crippen LogP contribution in [0.1, 0.15) is 21.1 Å². The van der Waals surface area contributed by atoms with Crippen LogP contribution in [0.5, 0.6) is 0 Å². The Morgan fingerprint density at radius 2 is 2.50 bits per heavy atom. The van der Waals surface area contributed by atoms with Gasteiger partial charge >= 0.3 is 0 Å². The van der Waals surface area contributed by atoms with Gasteiger partial charge in [-0.05, 0) is 6.92 Å². The van der Waals surface area contributed by atoms with E-state index in [1.165, 1.54) is 17.4 Å². The minimum atomic E-state index is -0.225. The summed E-state index contributed by atoms with van der Waals surface area (Å²) in [4.78, 5) is 16.8.